The molecule has 5 heteroatoms. The number of aryl methyl sites for hydroxylation is 1. The number of carbonyl (C=O) groups is 2. The maximum atomic E-state index is 13.6. The molecule has 2 atom stereocenters. The van der Waals surface area contributed by atoms with Gasteiger partial charge in [0.1, 0.15) is 0 Å². The van der Waals surface area contributed by atoms with Crippen molar-refractivity contribution in [1.29, 1.82) is 0 Å². The summed E-state index contributed by atoms with van der Waals surface area (Å²) in [4.78, 5) is 33.5. The minimum absolute atomic E-state index is 0.159. The summed E-state index contributed by atoms with van der Waals surface area (Å²) < 4.78 is 0. The second kappa shape index (κ2) is 8.97. The Labute approximate surface area is 191 Å². The Hall–Kier alpha value is -2.82. The Balaban J connectivity index is 1.26. The summed E-state index contributed by atoms with van der Waals surface area (Å²) >= 11 is 0. The maximum Gasteiger partial charge on any atom is 0.230 e. The van der Waals surface area contributed by atoms with Crippen LogP contribution < -0.4 is 9.80 Å². The van der Waals surface area contributed by atoms with Crippen LogP contribution in [-0.2, 0) is 16.0 Å². The van der Waals surface area contributed by atoms with E-state index in [4.69, 9.17) is 0 Å². The second-order valence-corrected chi connectivity index (χ2v) is 9.52. The number of amides is 2. The minimum Gasteiger partial charge on any atom is -0.368 e. The number of benzene rings is 2. The average Bonchev–Trinajstić information content (AvgIpc) is 3.27. The topological polar surface area (TPSA) is 43.9 Å². The zero-order valence-corrected chi connectivity index (χ0v) is 19.0. The van der Waals surface area contributed by atoms with Gasteiger partial charge in [0.2, 0.25) is 11.8 Å². The third-order valence-electron chi connectivity index (χ3n) is 7.51. The van der Waals surface area contributed by atoms with Crippen LogP contribution in [0.3, 0.4) is 0 Å². The fraction of sp³-hybridized carbons (Fsp3) is 0.481. The Morgan fingerprint density at radius 2 is 1.53 bits per heavy atom. The summed E-state index contributed by atoms with van der Waals surface area (Å²) in [6.45, 7) is 6.01. The average molecular weight is 432 g/mol. The lowest BCUT2D eigenvalue weighted by molar-refractivity contribution is -0.143. The molecule has 1 saturated carbocycles. The van der Waals surface area contributed by atoms with E-state index in [2.05, 4.69) is 42.2 Å². The van der Waals surface area contributed by atoms with Crippen molar-refractivity contribution in [3.63, 3.8) is 0 Å². The lowest BCUT2D eigenvalue weighted by Gasteiger charge is -2.40. The fourth-order valence-electron chi connectivity index (χ4n) is 5.73. The number of anilines is 2. The first-order valence-electron chi connectivity index (χ1n) is 12.1. The number of hydrogen-bond acceptors (Lipinski definition) is 3. The van der Waals surface area contributed by atoms with E-state index in [1.165, 1.54) is 16.8 Å². The highest BCUT2D eigenvalue weighted by molar-refractivity contribution is 5.99. The SMILES string of the molecule is Cc1cccc(N2CCN(C(=O)C3CCCCC3C(=O)N3CCc4ccccc43)CC2)c1. The van der Waals surface area contributed by atoms with Gasteiger partial charge in [-0.05, 0) is 55.5 Å². The number of hydrogen-bond donors (Lipinski definition) is 0. The van der Waals surface area contributed by atoms with E-state index in [9.17, 15) is 9.59 Å². The smallest absolute Gasteiger partial charge is 0.230 e. The van der Waals surface area contributed by atoms with Crippen LogP contribution in [0.25, 0.3) is 0 Å². The van der Waals surface area contributed by atoms with Crippen LogP contribution in [0.15, 0.2) is 48.5 Å². The van der Waals surface area contributed by atoms with Crippen LogP contribution in [0.4, 0.5) is 11.4 Å². The van der Waals surface area contributed by atoms with E-state index >= 15 is 0 Å². The summed E-state index contributed by atoms with van der Waals surface area (Å²) in [6.07, 6.45) is 4.66. The molecule has 1 aliphatic carbocycles. The number of carbonyl (C=O) groups excluding carboxylic acids is 2. The van der Waals surface area contributed by atoms with Gasteiger partial charge in [0.25, 0.3) is 0 Å². The van der Waals surface area contributed by atoms with Crippen molar-refractivity contribution < 1.29 is 9.59 Å². The van der Waals surface area contributed by atoms with Crippen LogP contribution in [-0.4, -0.2) is 49.4 Å². The summed E-state index contributed by atoms with van der Waals surface area (Å²) in [7, 11) is 0. The van der Waals surface area contributed by atoms with Crippen molar-refractivity contribution in [3.8, 4) is 0 Å². The molecule has 5 rings (SSSR count). The zero-order chi connectivity index (χ0) is 22.1. The Morgan fingerprint density at radius 3 is 2.28 bits per heavy atom. The zero-order valence-electron chi connectivity index (χ0n) is 19.0. The first-order valence-corrected chi connectivity index (χ1v) is 12.1. The van der Waals surface area contributed by atoms with Gasteiger partial charge in [0, 0.05) is 50.0 Å². The van der Waals surface area contributed by atoms with Crippen LogP contribution in [0.2, 0.25) is 0 Å². The van der Waals surface area contributed by atoms with Gasteiger partial charge in [-0.25, -0.2) is 0 Å². The largest absolute Gasteiger partial charge is 0.368 e. The molecule has 3 aliphatic rings. The predicted molar refractivity (Wildman–Crippen MR) is 128 cm³/mol. The van der Waals surface area contributed by atoms with E-state index in [1.807, 2.05) is 28.0 Å². The molecule has 2 amide bonds. The highest BCUT2D eigenvalue weighted by Gasteiger charge is 2.41. The Kier molecular flexibility index (Phi) is 5.90. The molecule has 2 aliphatic heterocycles. The molecule has 0 bridgehead atoms. The second-order valence-electron chi connectivity index (χ2n) is 9.52. The van der Waals surface area contributed by atoms with Gasteiger partial charge < -0.3 is 14.7 Å². The monoisotopic (exact) mass is 431 g/mol. The number of piperazine rings is 1. The third-order valence-corrected chi connectivity index (χ3v) is 7.51. The maximum absolute atomic E-state index is 13.6. The number of fused-ring (bicyclic) bond motifs is 1. The summed E-state index contributed by atoms with van der Waals surface area (Å²) in [5.74, 6) is -0.00226. The van der Waals surface area contributed by atoms with Crippen molar-refractivity contribution in [2.24, 2.45) is 11.8 Å². The van der Waals surface area contributed by atoms with Crippen molar-refractivity contribution in [2.75, 3.05) is 42.5 Å². The lowest BCUT2D eigenvalue weighted by atomic mass is 9.77. The molecule has 0 N–H and O–H groups in total. The van der Waals surface area contributed by atoms with Gasteiger partial charge in [0.15, 0.2) is 0 Å². The first kappa shape index (κ1) is 21.0. The van der Waals surface area contributed by atoms with Gasteiger partial charge in [-0.1, -0.05) is 43.2 Å². The fourth-order valence-corrected chi connectivity index (χ4v) is 5.73. The molecule has 0 radical (unpaired) electrons. The molecule has 168 valence electrons. The summed E-state index contributed by atoms with van der Waals surface area (Å²) in [6, 6.07) is 16.8. The molecule has 2 unspecified atom stereocenters. The Bertz CT molecular complexity index is 996. The molecule has 0 aromatic heterocycles. The van der Waals surface area contributed by atoms with Gasteiger partial charge >= 0.3 is 0 Å². The van der Waals surface area contributed by atoms with Crippen molar-refractivity contribution in [3.05, 3.63) is 59.7 Å². The quantitative estimate of drug-likeness (QED) is 0.737. The van der Waals surface area contributed by atoms with E-state index in [0.717, 1.165) is 70.5 Å². The van der Waals surface area contributed by atoms with E-state index in [0.29, 0.717) is 0 Å². The normalized spacial score (nSPS) is 23.2. The molecule has 32 heavy (non-hydrogen) atoms. The van der Waals surface area contributed by atoms with Crippen LogP contribution in [0.1, 0.15) is 36.8 Å². The highest BCUT2D eigenvalue weighted by Crippen LogP contribution is 2.37. The molecule has 2 heterocycles. The third kappa shape index (κ3) is 4.01. The number of rotatable bonds is 3. The van der Waals surface area contributed by atoms with E-state index < -0.39 is 0 Å². The van der Waals surface area contributed by atoms with Crippen LogP contribution in [0, 0.1) is 18.8 Å². The van der Waals surface area contributed by atoms with E-state index in [-0.39, 0.29) is 23.7 Å². The molecule has 1 saturated heterocycles. The van der Waals surface area contributed by atoms with Gasteiger partial charge in [-0.2, -0.15) is 0 Å². The van der Waals surface area contributed by atoms with Gasteiger partial charge in [-0.15, -0.1) is 0 Å². The standard InChI is InChI=1S/C27H33N3O2/c1-20-7-6-9-22(19-20)28-15-17-29(18-16-28)26(31)23-10-3-4-11-24(23)27(32)30-14-13-21-8-2-5-12-25(21)30/h2,5-9,12,19,23-24H,3-4,10-11,13-18H2,1H3. The van der Waals surface area contributed by atoms with Gasteiger partial charge in [-0.3, -0.25) is 9.59 Å². The Morgan fingerprint density at radius 1 is 0.812 bits per heavy atom. The first-order chi connectivity index (χ1) is 15.6. The molecule has 5 nitrogen and oxygen atoms in total. The molecule has 2 aromatic carbocycles. The van der Waals surface area contributed by atoms with Crippen LogP contribution >= 0.6 is 0 Å². The minimum atomic E-state index is -0.183. The predicted octanol–water partition coefficient (Wildman–Crippen LogP) is 4.04. The number of nitrogens with zero attached hydrogens (tertiary/aromatic N) is 3. The number of para-hydroxylation sites is 1. The molecule has 2 aromatic rings. The molecular formula is C27H33N3O2. The van der Waals surface area contributed by atoms with Gasteiger partial charge in [0.05, 0.1) is 5.92 Å². The van der Waals surface area contributed by atoms with Crippen molar-refractivity contribution >= 4 is 23.2 Å². The molecule has 2 fully saturated rings. The lowest BCUT2D eigenvalue weighted by Crippen LogP contribution is -2.53. The molecular weight excluding hydrogens is 398 g/mol. The summed E-state index contributed by atoms with van der Waals surface area (Å²) in [5.41, 5.74) is 4.77. The summed E-state index contributed by atoms with van der Waals surface area (Å²) in [5, 5.41) is 0. The van der Waals surface area contributed by atoms with Crippen molar-refractivity contribution in [1.82, 2.24) is 4.90 Å². The van der Waals surface area contributed by atoms with E-state index in [1.54, 1.807) is 0 Å². The van der Waals surface area contributed by atoms with Crippen LogP contribution in [0.5, 0.6) is 0 Å². The highest BCUT2D eigenvalue weighted by atomic mass is 16.2. The van der Waals surface area contributed by atoms with Crippen molar-refractivity contribution in [2.45, 2.75) is 39.0 Å². The molecule has 0 spiro atoms.